The Hall–Kier alpha value is -1.25. The summed E-state index contributed by atoms with van der Waals surface area (Å²) in [6, 6.07) is 0. The molecule has 0 aliphatic carbocycles. The van der Waals surface area contributed by atoms with Crippen molar-refractivity contribution in [2.24, 2.45) is 5.92 Å². The van der Waals surface area contributed by atoms with Crippen LogP contribution in [0.15, 0.2) is 0 Å². The molecule has 0 atom stereocenters. The van der Waals surface area contributed by atoms with Crippen molar-refractivity contribution in [1.29, 1.82) is 0 Å². The molecule has 0 spiro atoms. The molecule has 19 heavy (non-hydrogen) atoms. The third-order valence-corrected chi connectivity index (χ3v) is 2.92. The molecule has 0 unspecified atom stereocenters. The number of hydrogen-bond acceptors (Lipinski definition) is 4. The second-order valence-corrected chi connectivity index (χ2v) is 5.47. The van der Waals surface area contributed by atoms with Gasteiger partial charge in [-0.25, -0.2) is 9.48 Å². The van der Waals surface area contributed by atoms with Crippen molar-refractivity contribution in [2.75, 3.05) is 5.75 Å². The van der Waals surface area contributed by atoms with Crippen LogP contribution in [0.3, 0.4) is 0 Å². The fourth-order valence-corrected chi connectivity index (χ4v) is 2.01. The molecule has 0 bridgehead atoms. The van der Waals surface area contributed by atoms with Gasteiger partial charge in [-0.05, 0) is 24.1 Å². The molecule has 1 rings (SSSR count). The molecule has 0 amide bonds. The molecule has 0 aromatic carbocycles. The van der Waals surface area contributed by atoms with Crippen LogP contribution in [0, 0.1) is 5.92 Å². The van der Waals surface area contributed by atoms with Crippen LogP contribution < -0.4 is 0 Å². The second-order valence-electron chi connectivity index (χ2n) is 4.31. The average Bonchev–Trinajstić information content (AvgIpc) is 2.59. The van der Waals surface area contributed by atoms with Crippen LogP contribution in [0.25, 0.3) is 0 Å². The summed E-state index contributed by atoms with van der Waals surface area (Å²) in [5.41, 5.74) is -4.12. The lowest BCUT2D eigenvalue weighted by atomic mass is 10.1. The molecular formula is C10H14F3N3O2S. The van der Waals surface area contributed by atoms with Gasteiger partial charge in [0.05, 0.1) is 12.2 Å². The van der Waals surface area contributed by atoms with E-state index in [1.807, 2.05) is 13.8 Å². The second kappa shape index (κ2) is 6.27. The van der Waals surface area contributed by atoms with E-state index in [0.717, 1.165) is 0 Å². The SMILES string of the molecule is CC(C)Cc1c(C(=O)O)nnn1CCSC(F)(F)F. The molecule has 9 heteroatoms. The number of carbonyl (C=O) groups is 1. The van der Waals surface area contributed by atoms with E-state index in [4.69, 9.17) is 5.11 Å². The highest BCUT2D eigenvalue weighted by Crippen LogP contribution is 2.30. The fraction of sp³-hybridized carbons (Fsp3) is 0.700. The molecule has 0 aliphatic heterocycles. The largest absolute Gasteiger partial charge is 0.476 e. The van der Waals surface area contributed by atoms with Crippen molar-refractivity contribution in [3.8, 4) is 0 Å². The van der Waals surface area contributed by atoms with Crippen LogP contribution in [0.4, 0.5) is 13.2 Å². The van der Waals surface area contributed by atoms with Crippen LogP contribution in [0.5, 0.6) is 0 Å². The standard InChI is InChI=1S/C10H14F3N3O2S/c1-6(2)5-7-8(9(17)18)14-15-16(7)3-4-19-10(11,12)13/h6H,3-5H2,1-2H3,(H,17,18). The third kappa shape index (κ3) is 5.09. The number of alkyl halides is 3. The summed E-state index contributed by atoms with van der Waals surface area (Å²) in [5, 5.41) is 16.1. The van der Waals surface area contributed by atoms with Gasteiger partial charge in [0, 0.05) is 5.75 Å². The maximum absolute atomic E-state index is 12.0. The van der Waals surface area contributed by atoms with E-state index in [9.17, 15) is 18.0 Å². The van der Waals surface area contributed by atoms with Crippen molar-refractivity contribution >= 4 is 17.7 Å². The quantitative estimate of drug-likeness (QED) is 0.873. The van der Waals surface area contributed by atoms with Crippen LogP contribution in [0.1, 0.15) is 30.0 Å². The Bertz CT molecular complexity index is 446. The lowest BCUT2D eigenvalue weighted by Gasteiger charge is -2.10. The first-order valence-corrected chi connectivity index (χ1v) is 6.55. The summed E-state index contributed by atoms with van der Waals surface area (Å²) in [5.74, 6) is -1.28. The van der Waals surface area contributed by atoms with Crippen molar-refractivity contribution in [2.45, 2.75) is 32.3 Å². The Morgan fingerprint density at radius 1 is 1.47 bits per heavy atom. The van der Waals surface area contributed by atoms with Gasteiger partial charge >= 0.3 is 11.5 Å². The molecule has 0 radical (unpaired) electrons. The molecule has 1 aromatic heterocycles. The Morgan fingerprint density at radius 2 is 2.11 bits per heavy atom. The van der Waals surface area contributed by atoms with E-state index < -0.39 is 11.5 Å². The molecule has 1 N–H and O–H groups in total. The van der Waals surface area contributed by atoms with Gasteiger partial charge in [-0.2, -0.15) is 13.2 Å². The molecule has 108 valence electrons. The summed E-state index contributed by atoms with van der Waals surface area (Å²) < 4.78 is 37.3. The lowest BCUT2D eigenvalue weighted by Crippen LogP contribution is -2.13. The Balaban J connectivity index is 2.79. The van der Waals surface area contributed by atoms with Gasteiger partial charge in [0.1, 0.15) is 0 Å². The number of nitrogens with zero attached hydrogens (tertiary/aromatic N) is 3. The summed E-state index contributed by atoms with van der Waals surface area (Å²) in [4.78, 5) is 10.9. The van der Waals surface area contributed by atoms with Crippen LogP contribution >= 0.6 is 11.8 Å². The van der Waals surface area contributed by atoms with Crippen molar-refractivity contribution < 1.29 is 23.1 Å². The highest BCUT2D eigenvalue weighted by Gasteiger charge is 2.28. The maximum atomic E-state index is 12.0. The number of carboxylic acid groups (broad SMARTS) is 1. The van der Waals surface area contributed by atoms with E-state index in [0.29, 0.717) is 12.1 Å². The Kier molecular flexibility index (Phi) is 5.21. The van der Waals surface area contributed by atoms with Crippen LogP contribution in [-0.4, -0.2) is 37.3 Å². The number of aryl methyl sites for hydroxylation is 1. The zero-order chi connectivity index (χ0) is 14.6. The van der Waals surface area contributed by atoms with E-state index in [2.05, 4.69) is 10.3 Å². The lowest BCUT2D eigenvalue weighted by molar-refractivity contribution is -0.0328. The van der Waals surface area contributed by atoms with Gasteiger partial charge in [0.2, 0.25) is 0 Å². The zero-order valence-electron chi connectivity index (χ0n) is 10.4. The number of rotatable bonds is 6. The molecule has 1 heterocycles. The van der Waals surface area contributed by atoms with E-state index in [1.165, 1.54) is 4.68 Å². The number of carboxylic acids is 1. The number of aromatic nitrogens is 3. The number of halogens is 3. The maximum Gasteiger partial charge on any atom is 0.441 e. The normalized spacial score (nSPS) is 12.1. The molecule has 0 saturated heterocycles. The van der Waals surface area contributed by atoms with Gasteiger partial charge in [0.15, 0.2) is 5.69 Å². The smallest absolute Gasteiger partial charge is 0.441 e. The van der Waals surface area contributed by atoms with Gasteiger partial charge in [-0.15, -0.1) is 5.10 Å². The van der Waals surface area contributed by atoms with Gasteiger partial charge in [-0.3, -0.25) is 0 Å². The number of hydrogen-bond donors (Lipinski definition) is 1. The van der Waals surface area contributed by atoms with E-state index in [1.54, 1.807) is 0 Å². The number of thioether (sulfide) groups is 1. The summed E-state index contributed by atoms with van der Waals surface area (Å²) in [6.45, 7) is 3.74. The minimum atomic E-state index is -4.30. The minimum Gasteiger partial charge on any atom is -0.476 e. The first kappa shape index (κ1) is 15.8. The Morgan fingerprint density at radius 3 is 2.58 bits per heavy atom. The van der Waals surface area contributed by atoms with Crippen molar-refractivity contribution in [3.63, 3.8) is 0 Å². The highest BCUT2D eigenvalue weighted by molar-refractivity contribution is 8.00. The monoisotopic (exact) mass is 297 g/mol. The molecule has 1 aromatic rings. The first-order chi connectivity index (χ1) is 8.70. The highest BCUT2D eigenvalue weighted by atomic mass is 32.2. The third-order valence-electron chi connectivity index (χ3n) is 2.21. The zero-order valence-corrected chi connectivity index (χ0v) is 11.3. The van der Waals surface area contributed by atoms with Crippen molar-refractivity contribution in [1.82, 2.24) is 15.0 Å². The molecule has 0 aliphatic rings. The Labute approximate surface area is 112 Å². The van der Waals surface area contributed by atoms with Gasteiger partial charge < -0.3 is 5.11 Å². The topological polar surface area (TPSA) is 68.0 Å². The van der Waals surface area contributed by atoms with Crippen LogP contribution in [0.2, 0.25) is 0 Å². The molecule has 0 saturated carbocycles. The average molecular weight is 297 g/mol. The summed E-state index contributed by atoms with van der Waals surface area (Å²) >= 11 is -0.162. The summed E-state index contributed by atoms with van der Waals surface area (Å²) in [7, 11) is 0. The predicted octanol–water partition coefficient (Wildman–Crippen LogP) is 2.43. The number of aromatic carboxylic acids is 1. The fourth-order valence-electron chi connectivity index (χ4n) is 1.52. The van der Waals surface area contributed by atoms with E-state index in [-0.39, 0.29) is 35.7 Å². The molecular weight excluding hydrogens is 283 g/mol. The summed E-state index contributed by atoms with van der Waals surface area (Å²) in [6.07, 6.45) is 0.408. The molecule has 0 fully saturated rings. The van der Waals surface area contributed by atoms with Crippen molar-refractivity contribution in [3.05, 3.63) is 11.4 Å². The van der Waals surface area contributed by atoms with E-state index >= 15 is 0 Å². The predicted molar refractivity (Wildman–Crippen MR) is 64.0 cm³/mol. The van der Waals surface area contributed by atoms with Gasteiger partial charge in [-0.1, -0.05) is 19.1 Å². The van der Waals surface area contributed by atoms with Gasteiger partial charge in [0.25, 0.3) is 0 Å². The first-order valence-electron chi connectivity index (χ1n) is 5.57. The minimum absolute atomic E-state index is 0.0213. The molecule has 5 nitrogen and oxygen atoms in total. The van der Waals surface area contributed by atoms with Crippen LogP contribution in [-0.2, 0) is 13.0 Å².